The minimum atomic E-state index is -0.253. The van der Waals surface area contributed by atoms with Crippen LogP contribution in [0.25, 0.3) is 0 Å². The van der Waals surface area contributed by atoms with Crippen LogP contribution in [-0.2, 0) is 13.5 Å². The van der Waals surface area contributed by atoms with Crippen molar-refractivity contribution in [2.24, 2.45) is 7.05 Å². The molecule has 0 aliphatic carbocycles. The highest BCUT2D eigenvalue weighted by Crippen LogP contribution is 2.25. The second-order valence-electron chi connectivity index (χ2n) is 5.05. The molecule has 0 saturated heterocycles. The number of carbonyl (C=O) groups excluding carboxylic acids is 1. The molecule has 112 valence electrons. The highest BCUT2D eigenvalue weighted by molar-refractivity contribution is 6.08. The van der Waals surface area contributed by atoms with Crippen molar-refractivity contribution in [1.29, 1.82) is 0 Å². The zero-order chi connectivity index (χ0) is 15.6. The van der Waals surface area contributed by atoms with E-state index in [2.05, 4.69) is 10.4 Å². The predicted octanol–water partition coefficient (Wildman–Crippen LogP) is 1.88. The summed E-state index contributed by atoms with van der Waals surface area (Å²) in [6.07, 6.45) is 0.696. The Hall–Kier alpha value is -2.50. The van der Waals surface area contributed by atoms with Crippen molar-refractivity contribution < 1.29 is 4.79 Å². The highest BCUT2D eigenvalue weighted by Gasteiger charge is 2.20. The smallest absolute Gasteiger partial charge is 0.276 e. The number of rotatable bonds is 4. The fraction of sp³-hybridized carbons (Fsp3) is 0.333. The van der Waals surface area contributed by atoms with Gasteiger partial charge in [0.2, 0.25) is 0 Å². The summed E-state index contributed by atoms with van der Waals surface area (Å²) in [4.78, 5) is 14.4. The Bertz CT molecular complexity index is 660. The van der Waals surface area contributed by atoms with E-state index in [4.69, 9.17) is 5.73 Å². The molecule has 1 aromatic carbocycles. The number of para-hydroxylation sites is 2. The molecular formula is C15H21N5O. The number of anilines is 3. The molecule has 0 aliphatic heterocycles. The third-order valence-corrected chi connectivity index (χ3v) is 3.34. The summed E-state index contributed by atoms with van der Waals surface area (Å²) in [5.74, 6) is -0.253. The molecule has 1 amide bonds. The molecule has 1 heterocycles. The van der Waals surface area contributed by atoms with Crippen LogP contribution in [0.2, 0.25) is 0 Å². The van der Waals surface area contributed by atoms with Crippen molar-refractivity contribution in [3.8, 4) is 0 Å². The van der Waals surface area contributed by atoms with E-state index in [1.807, 2.05) is 50.2 Å². The van der Waals surface area contributed by atoms with E-state index in [-0.39, 0.29) is 5.91 Å². The SMILES string of the molecule is CCc1nn(C)c(C(=O)Nc2ccccc2N(C)C)c1N. The Morgan fingerprint density at radius 1 is 1.38 bits per heavy atom. The Labute approximate surface area is 124 Å². The molecule has 2 aromatic rings. The normalized spacial score (nSPS) is 10.5. The molecular weight excluding hydrogens is 266 g/mol. The third kappa shape index (κ3) is 2.84. The molecule has 0 radical (unpaired) electrons. The minimum Gasteiger partial charge on any atom is -0.395 e. The van der Waals surface area contributed by atoms with Crippen LogP contribution >= 0.6 is 0 Å². The standard InChI is InChI=1S/C15H21N5O/c1-5-10-13(16)14(20(4)18-10)15(21)17-11-8-6-7-9-12(11)19(2)3/h6-9H,5,16H2,1-4H3,(H,17,21). The largest absolute Gasteiger partial charge is 0.395 e. The van der Waals surface area contributed by atoms with Crippen LogP contribution in [-0.4, -0.2) is 29.8 Å². The fourth-order valence-corrected chi connectivity index (χ4v) is 2.28. The summed E-state index contributed by atoms with van der Waals surface area (Å²) in [6.45, 7) is 1.96. The van der Waals surface area contributed by atoms with E-state index in [1.165, 1.54) is 4.68 Å². The number of aryl methyl sites for hydroxylation is 2. The lowest BCUT2D eigenvalue weighted by Crippen LogP contribution is -2.20. The molecule has 21 heavy (non-hydrogen) atoms. The molecule has 2 rings (SSSR count). The van der Waals surface area contributed by atoms with Crippen LogP contribution in [0.1, 0.15) is 23.1 Å². The lowest BCUT2D eigenvalue weighted by Gasteiger charge is -2.17. The average molecular weight is 287 g/mol. The van der Waals surface area contributed by atoms with Crippen LogP contribution in [0.15, 0.2) is 24.3 Å². The van der Waals surface area contributed by atoms with Crippen molar-refractivity contribution in [3.05, 3.63) is 35.7 Å². The number of nitrogens with zero attached hydrogens (tertiary/aromatic N) is 3. The Balaban J connectivity index is 2.33. The van der Waals surface area contributed by atoms with Crippen LogP contribution in [0.3, 0.4) is 0 Å². The monoisotopic (exact) mass is 287 g/mol. The van der Waals surface area contributed by atoms with Crippen LogP contribution in [0, 0.1) is 0 Å². The van der Waals surface area contributed by atoms with Gasteiger partial charge in [0.1, 0.15) is 5.69 Å². The molecule has 0 saturated carbocycles. The second kappa shape index (κ2) is 5.87. The summed E-state index contributed by atoms with van der Waals surface area (Å²) >= 11 is 0. The summed E-state index contributed by atoms with van der Waals surface area (Å²) in [7, 11) is 5.58. The zero-order valence-corrected chi connectivity index (χ0v) is 12.8. The van der Waals surface area contributed by atoms with E-state index in [9.17, 15) is 4.79 Å². The Kier molecular flexibility index (Phi) is 4.16. The van der Waals surface area contributed by atoms with Crippen LogP contribution in [0.4, 0.5) is 17.1 Å². The van der Waals surface area contributed by atoms with Gasteiger partial charge in [-0.05, 0) is 18.6 Å². The quantitative estimate of drug-likeness (QED) is 0.900. The second-order valence-corrected chi connectivity index (χ2v) is 5.05. The van der Waals surface area contributed by atoms with E-state index < -0.39 is 0 Å². The Morgan fingerprint density at radius 3 is 2.62 bits per heavy atom. The van der Waals surface area contributed by atoms with Gasteiger partial charge in [-0.3, -0.25) is 9.48 Å². The summed E-state index contributed by atoms with van der Waals surface area (Å²) < 4.78 is 1.53. The first-order valence-electron chi connectivity index (χ1n) is 6.84. The zero-order valence-electron chi connectivity index (χ0n) is 12.8. The van der Waals surface area contributed by atoms with E-state index >= 15 is 0 Å². The van der Waals surface area contributed by atoms with Gasteiger partial charge in [-0.25, -0.2) is 0 Å². The van der Waals surface area contributed by atoms with E-state index in [0.717, 1.165) is 17.1 Å². The molecule has 0 spiro atoms. The van der Waals surface area contributed by atoms with Gasteiger partial charge < -0.3 is 16.0 Å². The van der Waals surface area contributed by atoms with Crippen molar-refractivity contribution in [3.63, 3.8) is 0 Å². The van der Waals surface area contributed by atoms with Gasteiger partial charge >= 0.3 is 0 Å². The molecule has 6 heteroatoms. The number of nitrogens with one attached hydrogen (secondary N) is 1. The van der Waals surface area contributed by atoms with Gasteiger partial charge in [-0.15, -0.1) is 0 Å². The molecule has 6 nitrogen and oxygen atoms in total. The summed E-state index contributed by atoms with van der Waals surface area (Å²) in [5.41, 5.74) is 9.26. The lowest BCUT2D eigenvalue weighted by atomic mass is 10.2. The number of nitrogen functional groups attached to an aromatic ring is 1. The maximum Gasteiger partial charge on any atom is 0.276 e. The minimum absolute atomic E-state index is 0.253. The number of carbonyl (C=O) groups is 1. The predicted molar refractivity (Wildman–Crippen MR) is 85.7 cm³/mol. The highest BCUT2D eigenvalue weighted by atomic mass is 16.2. The van der Waals surface area contributed by atoms with Gasteiger partial charge in [-0.2, -0.15) is 5.10 Å². The van der Waals surface area contributed by atoms with Crippen molar-refractivity contribution in [2.75, 3.05) is 30.0 Å². The van der Waals surface area contributed by atoms with E-state index in [0.29, 0.717) is 17.8 Å². The molecule has 1 aromatic heterocycles. The van der Waals surface area contributed by atoms with E-state index in [1.54, 1.807) is 7.05 Å². The first-order valence-corrected chi connectivity index (χ1v) is 6.84. The van der Waals surface area contributed by atoms with Crippen LogP contribution in [0.5, 0.6) is 0 Å². The maximum atomic E-state index is 12.5. The maximum absolute atomic E-state index is 12.5. The average Bonchev–Trinajstić information content (AvgIpc) is 2.73. The molecule has 0 aliphatic rings. The van der Waals surface area contributed by atoms with Crippen molar-refractivity contribution in [2.45, 2.75) is 13.3 Å². The fourth-order valence-electron chi connectivity index (χ4n) is 2.28. The molecule has 0 bridgehead atoms. The number of benzene rings is 1. The molecule has 0 unspecified atom stereocenters. The topological polar surface area (TPSA) is 76.2 Å². The number of aromatic nitrogens is 2. The first kappa shape index (κ1) is 14.9. The Morgan fingerprint density at radius 2 is 2.05 bits per heavy atom. The van der Waals surface area contributed by atoms with Gasteiger partial charge in [-0.1, -0.05) is 19.1 Å². The van der Waals surface area contributed by atoms with Gasteiger partial charge in [0.25, 0.3) is 5.91 Å². The number of amides is 1. The lowest BCUT2D eigenvalue weighted by molar-refractivity contribution is 0.101. The summed E-state index contributed by atoms with van der Waals surface area (Å²) in [6, 6.07) is 7.62. The van der Waals surface area contributed by atoms with Crippen molar-refractivity contribution in [1.82, 2.24) is 9.78 Å². The number of nitrogens with two attached hydrogens (primary N) is 1. The number of hydrogen-bond donors (Lipinski definition) is 2. The first-order chi connectivity index (χ1) is 9.95. The molecule has 0 fully saturated rings. The third-order valence-electron chi connectivity index (χ3n) is 3.34. The van der Waals surface area contributed by atoms with Gasteiger partial charge in [0.15, 0.2) is 0 Å². The molecule has 3 N–H and O–H groups in total. The van der Waals surface area contributed by atoms with Gasteiger partial charge in [0.05, 0.1) is 22.8 Å². The van der Waals surface area contributed by atoms with Gasteiger partial charge in [0, 0.05) is 21.1 Å². The van der Waals surface area contributed by atoms with Crippen molar-refractivity contribution >= 4 is 23.0 Å². The van der Waals surface area contributed by atoms with Crippen LogP contribution < -0.4 is 16.0 Å². The molecule has 0 atom stereocenters. The summed E-state index contributed by atoms with van der Waals surface area (Å²) in [5, 5.41) is 7.18. The number of hydrogen-bond acceptors (Lipinski definition) is 4.